The normalized spacial score (nSPS) is 32.2. The molecule has 0 aromatic heterocycles. The SMILES string of the molecule is CCCOCCOCCOCCOCC(=O)NCCOCCOCCOCCO[C@H]1[C@H](OC)[C@@H](OC)[C@@H](O[C@H]2[C@H](OC)[C@@H](OC)[C@H](O[C@H]3[C@H](OS(=O)(=O)O)[C@@H](OS(=O)(=O)O)[C@@H](O[C@H]4[C@H](OC)[C@@H](OC)[C@H](O[C@H]5[C@H](OC)[C@@H](OS(=O)(=O)O)[C@@H](OC)O[C@@H]5COS(=O)(=O)O)O[C@H]4C(=O)O)O[C@@H]3COS(=O)(=O)O)O[C@@H]2C(=O)O)O[C@@H]1COS(=O)(=O)O. The van der Waals surface area contributed by atoms with Gasteiger partial charge in [-0.1, -0.05) is 6.92 Å². The number of carboxylic acids is 2. The van der Waals surface area contributed by atoms with Crippen LogP contribution in [0.4, 0.5) is 0 Å². The zero-order valence-electron chi connectivity index (χ0n) is 64.4. The van der Waals surface area contributed by atoms with Crippen LogP contribution < -0.4 is 5.32 Å². The Kier molecular flexibility index (Phi) is 45.2. The van der Waals surface area contributed by atoms with E-state index in [2.05, 4.69) is 17.9 Å². The average Bonchev–Trinajstić information content (AvgIpc) is 0.756. The molecule has 0 unspecified atom stereocenters. The van der Waals surface area contributed by atoms with E-state index in [9.17, 15) is 102 Å². The van der Waals surface area contributed by atoms with Crippen LogP contribution in [0.15, 0.2) is 0 Å². The molecule has 694 valence electrons. The molecule has 5 heterocycles. The molecule has 0 saturated carbocycles. The standard InChI is InChI=1S/C57H101NO54S6/c1-10-12-90-14-16-92-18-19-94-22-23-96-29-33(59)58-11-13-91-15-17-93-20-21-95-24-25-97-34-30(26-98-113(64,65)66)102-54(46(86-6)37(34)82-2)106-41-39(84-4)48(88-8)56(109-44(41)51(60)61)105-36-32(28-100-115(70,71)72)103-57(50(112-118(79,80)81)43(36)110-116(73,74)75)107-42-40(85-5)47(87-7)55(108-45(42)52(62)63)104-35-31(27-99-114(67,68)69)101-53(89-9)49(38(35)83-3)111-117(76,77)78/h30-32,34-50,53-57H,10-29H2,1-9H3,(H,58,59)(H,60,61)(H,62,63)(H,64,65,66)(H,67,68,69)(H,70,71,72)(H,73,74,75)(H,76,77,78)(H,79,80,81)/t30-,31-,32-,34-,35-,36-,37+,38+,39+,40+,41+,42+,43+,44+,45-,46-,47-,48-,49-,50-,53+,54-,55-,56-,57-/m1/s1. The molecule has 5 rings (SSSR count). The van der Waals surface area contributed by atoms with Crippen LogP contribution in [0, 0.1) is 0 Å². The first-order valence-corrected chi connectivity index (χ1v) is 43.0. The summed E-state index contributed by atoms with van der Waals surface area (Å²) in [6.45, 7) is 0.748. The number of amides is 1. The summed E-state index contributed by atoms with van der Waals surface area (Å²) in [6.07, 6.45) is -54.7. The molecule has 118 heavy (non-hydrogen) atoms. The minimum Gasteiger partial charge on any atom is -0.479 e. The molecular formula is C57H101NO54S6. The van der Waals surface area contributed by atoms with Crippen LogP contribution in [0.2, 0.25) is 0 Å². The Hall–Kier alpha value is -3.37. The first-order valence-electron chi connectivity index (χ1n) is 34.8. The third kappa shape index (κ3) is 35.2. The highest BCUT2D eigenvalue weighted by molar-refractivity contribution is 7.82. The molecule has 0 aromatic carbocycles. The lowest BCUT2D eigenvalue weighted by Gasteiger charge is -2.51. The van der Waals surface area contributed by atoms with Gasteiger partial charge in [-0.15, -0.1) is 0 Å². The summed E-state index contributed by atoms with van der Waals surface area (Å²) in [4.78, 5) is 39.0. The van der Waals surface area contributed by atoms with Crippen LogP contribution in [-0.4, -0.2) is 442 Å². The van der Waals surface area contributed by atoms with Gasteiger partial charge in [0.1, 0.15) is 104 Å². The summed E-state index contributed by atoms with van der Waals surface area (Å²) in [5.74, 6) is -4.53. The van der Waals surface area contributed by atoms with E-state index in [0.29, 0.717) is 33.0 Å². The lowest BCUT2D eigenvalue weighted by Crippen LogP contribution is -2.70. The van der Waals surface area contributed by atoms with Gasteiger partial charge in [0.15, 0.2) is 55.9 Å². The van der Waals surface area contributed by atoms with E-state index in [1.807, 2.05) is 6.92 Å². The maximum absolute atomic E-state index is 13.5. The minimum atomic E-state index is -6.19. The summed E-state index contributed by atoms with van der Waals surface area (Å²) in [5, 5.41) is 24.4. The maximum Gasteiger partial charge on any atom is 0.397 e. The van der Waals surface area contributed by atoms with Crippen LogP contribution in [0.5, 0.6) is 0 Å². The van der Waals surface area contributed by atoms with Crippen molar-refractivity contribution in [3.05, 3.63) is 0 Å². The van der Waals surface area contributed by atoms with Crippen molar-refractivity contribution in [3.63, 3.8) is 0 Å². The van der Waals surface area contributed by atoms with Gasteiger partial charge in [-0.3, -0.25) is 32.1 Å². The van der Waals surface area contributed by atoms with Crippen molar-refractivity contribution >= 4 is 80.2 Å². The Bertz CT molecular complexity index is 3690. The van der Waals surface area contributed by atoms with Gasteiger partial charge in [0.25, 0.3) is 0 Å². The van der Waals surface area contributed by atoms with E-state index in [-0.39, 0.29) is 78.5 Å². The number of rotatable bonds is 59. The molecule has 5 aliphatic rings. The maximum atomic E-state index is 13.5. The van der Waals surface area contributed by atoms with Gasteiger partial charge < -0.3 is 134 Å². The number of carbonyl (C=O) groups excluding carboxylic acids is 1. The number of hydrogen-bond donors (Lipinski definition) is 9. The topological polar surface area (TPSA) is 716 Å². The molecule has 1 amide bonds. The fourth-order valence-electron chi connectivity index (χ4n) is 12.2. The van der Waals surface area contributed by atoms with Crippen LogP contribution in [0.1, 0.15) is 13.3 Å². The summed E-state index contributed by atoms with van der Waals surface area (Å²) >= 11 is 0. The van der Waals surface area contributed by atoms with Gasteiger partial charge in [-0.25, -0.2) is 34.7 Å². The highest BCUT2D eigenvalue weighted by Crippen LogP contribution is 2.41. The zero-order chi connectivity index (χ0) is 87.9. The molecule has 9 N–H and O–H groups in total. The van der Waals surface area contributed by atoms with Gasteiger partial charge in [0.2, 0.25) is 5.91 Å². The molecule has 0 aliphatic carbocycles. The second kappa shape index (κ2) is 50.7. The highest BCUT2D eigenvalue weighted by Gasteiger charge is 2.62. The third-order valence-corrected chi connectivity index (χ3v) is 19.6. The summed E-state index contributed by atoms with van der Waals surface area (Å²) in [6, 6.07) is 0. The first kappa shape index (κ1) is 105. The van der Waals surface area contributed by atoms with Crippen molar-refractivity contribution in [1.82, 2.24) is 5.32 Å². The third-order valence-electron chi connectivity index (χ3n) is 16.9. The van der Waals surface area contributed by atoms with Crippen LogP contribution in [0.3, 0.4) is 0 Å². The number of carbonyl (C=O) groups is 3. The largest absolute Gasteiger partial charge is 0.479 e. The molecular weight excluding hydrogens is 1750 g/mol. The minimum absolute atomic E-state index is 0.0000545. The van der Waals surface area contributed by atoms with Crippen LogP contribution in [0.25, 0.3) is 0 Å². The van der Waals surface area contributed by atoms with Gasteiger partial charge in [-0.05, 0) is 6.42 Å². The van der Waals surface area contributed by atoms with Crippen LogP contribution in [-0.2, 0) is 220 Å². The van der Waals surface area contributed by atoms with Gasteiger partial charge in [-0.2, -0.15) is 50.5 Å². The molecule has 0 bridgehead atoms. The fourth-order valence-corrected chi connectivity index (χ4v) is 14.6. The van der Waals surface area contributed by atoms with E-state index < -0.39 is 248 Å². The molecule has 0 spiro atoms. The predicted octanol–water partition coefficient (Wildman–Crippen LogP) is -6.88. The Balaban J connectivity index is 1.35. The van der Waals surface area contributed by atoms with E-state index in [1.54, 1.807) is 0 Å². The molecule has 0 aromatic rings. The molecule has 0 radical (unpaired) electrons. The lowest BCUT2D eigenvalue weighted by atomic mass is 9.94. The zero-order valence-corrected chi connectivity index (χ0v) is 69.3. The van der Waals surface area contributed by atoms with Crippen molar-refractivity contribution < 1.29 is 246 Å². The fraction of sp³-hybridized carbons (Fsp3) is 0.947. The predicted molar refractivity (Wildman–Crippen MR) is 371 cm³/mol. The van der Waals surface area contributed by atoms with Crippen molar-refractivity contribution in [2.75, 3.05) is 182 Å². The van der Waals surface area contributed by atoms with Gasteiger partial charge in [0.05, 0.1) is 106 Å². The van der Waals surface area contributed by atoms with Crippen molar-refractivity contribution in [1.29, 1.82) is 0 Å². The summed E-state index contributed by atoms with van der Waals surface area (Å²) < 4.78 is 378. The second-order valence-electron chi connectivity index (χ2n) is 24.7. The molecule has 61 heteroatoms. The highest BCUT2D eigenvalue weighted by atomic mass is 32.3. The van der Waals surface area contributed by atoms with E-state index in [4.69, 9.17) is 131 Å². The van der Waals surface area contributed by atoms with Crippen molar-refractivity contribution in [2.24, 2.45) is 0 Å². The molecule has 5 fully saturated rings. The van der Waals surface area contributed by atoms with E-state index in [1.165, 1.54) is 0 Å². The molecule has 5 saturated heterocycles. The summed E-state index contributed by atoms with van der Waals surface area (Å²) in [5.41, 5.74) is 0. The van der Waals surface area contributed by atoms with E-state index in [0.717, 1.165) is 63.3 Å². The Labute approximate surface area is 677 Å². The average molecular weight is 1860 g/mol. The Morgan fingerprint density at radius 1 is 0.305 bits per heavy atom. The number of carboxylic acid groups (broad SMARTS) is 2. The summed E-state index contributed by atoms with van der Waals surface area (Å²) in [7, 11) is -26.8. The lowest BCUT2D eigenvalue weighted by molar-refractivity contribution is -0.389. The van der Waals surface area contributed by atoms with Gasteiger partial charge >= 0.3 is 74.3 Å². The van der Waals surface area contributed by atoms with Crippen LogP contribution >= 0.6 is 0 Å². The number of aliphatic carboxylic acids is 2. The van der Waals surface area contributed by atoms with Crippen molar-refractivity contribution in [3.8, 4) is 0 Å². The number of hydrogen-bond acceptors (Lipinski definition) is 46. The quantitative estimate of drug-likeness (QED) is 0.0202. The first-order chi connectivity index (χ1) is 55.5. The second-order valence-corrected chi connectivity index (χ2v) is 31.1. The number of nitrogens with one attached hydrogen (secondary N) is 1. The Morgan fingerprint density at radius 2 is 0.593 bits per heavy atom. The Morgan fingerprint density at radius 3 is 0.949 bits per heavy atom. The number of ether oxygens (including phenoxy) is 25. The van der Waals surface area contributed by atoms with Gasteiger partial charge in [0, 0.05) is 70.0 Å². The molecule has 5 aliphatic heterocycles. The van der Waals surface area contributed by atoms with Crippen molar-refractivity contribution in [2.45, 2.75) is 167 Å². The number of methoxy groups -OCH3 is 8. The molecule has 25 atom stereocenters. The molecule has 55 nitrogen and oxygen atoms in total. The van der Waals surface area contributed by atoms with E-state index >= 15 is 0 Å². The monoisotopic (exact) mass is 1860 g/mol. The smallest absolute Gasteiger partial charge is 0.397 e.